The number of carbonyl (C=O) groups is 3. The number of hydrogen-bond acceptors (Lipinski definition) is 3. The maximum Gasteiger partial charge on any atom is 0.408 e. The molecule has 0 bridgehead atoms. The number of hydrogen-bond donors (Lipinski definition) is 2. The molecule has 0 spiro atoms. The summed E-state index contributed by atoms with van der Waals surface area (Å²) >= 11 is 0. The summed E-state index contributed by atoms with van der Waals surface area (Å²) in [6.07, 6.45) is -1.63. The van der Waals surface area contributed by atoms with Gasteiger partial charge in [0.05, 0.1) is 6.54 Å². The smallest absolute Gasteiger partial charge is 0.408 e. The first-order valence-corrected chi connectivity index (χ1v) is 8.24. The second kappa shape index (κ2) is 8.36. The van der Waals surface area contributed by atoms with Gasteiger partial charge in [-0.1, -0.05) is 37.3 Å². The van der Waals surface area contributed by atoms with Gasteiger partial charge in [-0.25, -0.2) is 9.59 Å². The molecule has 25 heavy (non-hydrogen) atoms. The molecule has 1 aliphatic heterocycles. The SMILES string of the molecule is CCCN(Cc1ccccc1)C(=O)C1CN(C(=O)O)CCN1C(=O)O. The van der Waals surface area contributed by atoms with Crippen molar-refractivity contribution in [3.63, 3.8) is 0 Å². The van der Waals surface area contributed by atoms with Crippen LogP contribution in [0.1, 0.15) is 18.9 Å². The van der Waals surface area contributed by atoms with E-state index in [-0.39, 0.29) is 25.5 Å². The van der Waals surface area contributed by atoms with Crippen molar-refractivity contribution in [3.05, 3.63) is 35.9 Å². The number of benzene rings is 1. The van der Waals surface area contributed by atoms with Gasteiger partial charge in [-0.05, 0) is 12.0 Å². The molecule has 8 heteroatoms. The summed E-state index contributed by atoms with van der Waals surface area (Å²) in [5, 5.41) is 18.5. The Morgan fingerprint density at radius 2 is 1.80 bits per heavy atom. The van der Waals surface area contributed by atoms with Crippen LogP contribution in [0.5, 0.6) is 0 Å². The van der Waals surface area contributed by atoms with E-state index in [1.165, 1.54) is 0 Å². The molecule has 1 unspecified atom stereocenters. The lowest BCUT2D eigenvalue weighted by Gasteiger charge is -2.40. The number of amides is 3. The summed E-state index contributed by atoms with van der Waals surface area (Å²) in [6.45, 7) is 2.69. The monoisotopic (exact) mass is 349 g/mol. The van der Waals surface area contributed by atoms with Crippen LogP contribution in [0.3, 0.4) is 0 Å². The Kier molecular flexibility index (Phi) is 6.21. The van der Waals surface area contributed by atoms with Crippen LogP contribution in [0.2, 0.25) is 0 Å². The molecule has 0 aliphatic carbocycles. The quantitative estimate of drug-likeness (QED) is 0.843. The first-order chi connectivity index (χ1) is 11.9. The standard InChI is InChI=1S/C17H23N3O5/c1-2-8-18(11-13-6-4-3-5-7-13)15(21)14-12-19(16(22)23)9-10-20(14)17(24)25/h3-7,14H,2,8-12H2,1H3,(H,22,23)(H,24,25). The van der Waals surface area contributed by atoms with Crippen LogP contribution in [-0.4, -0.2) is 75.2 Å². The Bertz CT molecular complexity index is 622. The minimum atomic E-state index is -1.21. The molecule has 2 N–H and O–H groups in total. The lowest BCUT2D eigenvalue weighted by atomic mass is 10.1. The summed E-state index contributed by atoms with van der Waals surface area (Å²) in [5.41, 5.74) is 0.942. The number of carbonyl (C=O) groups excluding carboxylic acids is 1. The molecule has 1 fully saturated rings. The van der Waals surface area contributed by atoms with Crippen LogP contribution < -0.4 is 0 Å². The van der Waals surface area contributed by atoms with E-state index < -0.39 is 18.2 Å². The van der Waals surface area contributed by atoms with Gasteiger partial charge in [0.1, 0.15) is 6.04 Å². The molecular weight excluding hydrogens is 326 g/mol. The third kappa shape index (κ3) is 4.62. The number of rotatable bonds is 5. The van der Waals surface area contributed by atoms with Gasteiger partial charge in [-0.3, -0.25) is 9.69 Å². The Morgan fingerprint density at radius 3 is 2.36 bits per heavy atom. The molecular formula is C17H23N3O5. The van der Waals surface area contributed by atoms with E-state index in [1.54, 1.807) is 4.90 Å². The van der Waals surface area contributed by atoms with E-state index >= 15 is 0 Å². The second-order valence-electron chi connectivity index (χ2n) is 5.97. The Morgan fingerprint density at radius 1 is 1.12 bits per heavy atom. The number of carboxylic acid groups (broad SMARTS) is 2. The normalized spacial score (nSPS) is 17.2. The van der Waals surface area contributed by atoms with Gasteiger partial charge in [0.25, 0.3) is 0 Å². The van der Waals surface area contributed by atoms with Crippen molar-refractivity contribution in [3.8, 4) is 0 Å². The first-order valence-electron chi connectivity index (χ1n) is 8.24. The van der Waals surface area contributed by atoms with E-state index in [4.69, 9.17) is 0 Å². The van der Waals surface area contributed by atoms with Crippen molar-refractivity contribution in [2.45, 2.75) is 25.9 Å². The van der Waals surface area contributed by atoms with Crippen molar-refractivity contribution in [2.75, 3.05) is 26.2 Å². The van der Waals surface area contributed by atoms with Crippen LogP contribution in [0.15, 0.2) is 30.3 Å². The average molecular weight is 349 g/mol. The minimum absolute atomic E-state index is 0.0106. The zero-order valence-corrected chi connectivity index (χ0v) is 14.2. The maximum atomic E-state index is 13.0. The fourth-order valence-electron chi connectivity index (χ4n) is 2.95. The second-order valence-corrected chi connectivity index (χ2v) is 5.97. The van der Waals surface area contributed by atoms with Crippen LogP contribution in [0, 0.1) is 0 Å². The first kappa shape index (κ1) is 18.6. The third-order valence-corrected chi connectivity index (χ3v) is 4.20. The van der Waals surface area contributed by atoms with Crippen molar-refractivity contribution in [1.82, 2.24) is 14.7 Å². The van der Waals surface area contributed by atoms with Gasteiger partial charge in [0, 0.05) is 26.2 Å². The molecule has 1 aromatic carbocycles. The van der Waals surface area contributed by atoms with Gasteiger partial charge in [-0.2, -0.15) is 0 Å². The highest BCUT2D eigenvalue weighted by molar-refractivity contribution is 5.86. The van der Waals surface area contributed by atoms with Crippen molar-refractivity contribution >= 4 is 18.1 Å². The zero-order valence-electron chi connectivity index (χ0n) is 14.2. The molecule has 3 amide bonds. The lowest BCUT2D eigenvalue weighted by molar-refractivity contribution is -0.138. The largest absolute Gasteiger partial charge is 0.465 e. The topological polar surface area (TPSA) is 101 Å². The van der Waals surface area contributed by atoms with E-state index in [1.807, 2.05) is 37.3 Å². The van der Waals surface area contributed by atoms with Gasteiger partial charge < -0.3 is 20.0 Å². The van der Waals surface area contributed by atoms with E-state index in [0.29, 0.717) is 13.1 Å². The fourth-order valence-corrected chi connectivity index (χ4v) is 2.95. The summed E-state index contributed by atoms with van der Waals surface area (Å²) in [6, 6.07) is 8.41. The Hall–Kier alpha value is -2.77. The van der Waals surface area contributed by atoms with Crippen molar-refractivity contribution in [2.24, 2.45) is 0 Å². The van der Waals surface area contributed by atoms with E-state index in [2.05, 4.69) is 0 Å². The fraction of sp³-hybridized carbons (Fsp3) is 0.471. The summed E-state index contributed by atoms with van der Waals surface area (Å²) < 4.78 is 0. The van der Waals surface area contributed by atoms with Crippen LogP contribution in [-0.2, 0) is 11.3 Å². The maximum absolute atomic E-state index is 13.0. The van der Waals surface area contributed by atoms with Gasteiger partial charge in [0.15, 0.2) is 0 Å². The average Bonchev–Trinajstić information content (AvgIpc) is 2.61. The van der Waals surface area contributed by atoms with Gasteiger partial charge in [-0.15, -0.1) is 0 Å². The third-order valence-electron chi connectivity index (χ3n) is 4.20. The van der Waals surface area contributed by atoms with E-state index in [9.17, 15) is 24.6 Å². The number of piperazine rings is 1. The molecule has 1 aromatic rings. The van der Waals surface area contributed by atoms with Crippen LogP contribution in [0.4, 0.5) is 9.59 Å². The predicted octanol–water partition coefficient (Wildman–Crippen LogP) is 1.77. The highest BCUT2D eigenvalue weighted by Gasteiger charge is 2.38. The van der Waals surface area contributed by atoms with Crippen LogP contribution in [0.25, 0.3) is 0 Å². The molecule has 0 saturated carbocycles. The molecule has 1 atom stereocenters. The Balaban J connectivity index is 2.20. The highest BCUT2D eigenvalue weighted by atomic mass is 16.4. The summed E-state index contributed by atoms with van der Waals surface area (Å²) in [7, 11) is 0. The summed E-state index contributed by atoms with van der Waals surface area (Å²) in [5.74, 6) is -0.362. The molecule has 8 nitrogen and oxygen atoms in total. The minimum Gasteiger partial charge on any atom is -0.465 e. The molecule has 136 valence electrons. The number of nitrogens with zero attached hydrogens (tertiary/aromatic N) is 3. The molecule has 2 rings (SSSR count). The van der Waals surface area contributed by atoms with Crippen LogP contribution >= 0.6 is 0 Å². The highest BCUT2D eigenvalue weighted by Crippen LogP contribution is 2.16. The summed E-state index contributed by atoms with van der Waals surface area (Å²) in [4.78, 5) is 39.4. The van der Waals surface area contributed by atoms with Crippen molar-refractivity contribution in [1.29, 1.82) is 0 Å². The van der Waals surface area contributed by atoms with Crippen molar-refractivity contribution < 1.29 is 24.6 Å². The molecule has 1 heterocycles. The lowest BCUT2D eigenvalue weighted by Crippen LogP contribution is -2.61. The molecule has 0 aromatic heterocycles. The predicted molar refractivity (Wildman–Crippen MR) is 90.3 cm³/mol. The zero-order chi connectivity index (χ0) is 18.4. The molecule has 1 saturated heterocycles. The molecule has 0 radical (unpaired) electrons. The van der Waals surface area contributed by atoms with Gasteiger partial charge >= 0.3 is 12.2 Å². The Labute approximate surface area is 146 Å². The van der Waals surface area contributed by atoms with E-state index in [0.717, 1.165) is 21.8 Å². The molecule has 1 aliphatic rings. The van der Waals surface area contributed by atoms with Gasteiger partial charge in [0.2, 0.25) is 5.91 Å².